The van der Waals surface area contributed by atoms with Crippen molar-refractivity contribution in [2.75, 3.05) is 0 Å². The van der Waals surface area contributed by atoms with Gasteiger partial charge in [-0.1, -0.05) is 47.4 Å². The first-order chi connectivity index (χ1) is 14.2. The molecule has 0 heterocycles. The van der Waals surface area contributed by atoms with E-state index < -0.39 is 0 Å². The van der Waals surface area contributed by atoms with Crippen molar-refractivity contribution in [3.8, 4) is 5.75 Å². The molecule has 2 heteroatoms. The monoisotopic (exact) mass is 404 g/mol. The average Bonchev–Trinajstić information content (AvgIpc) is 2.75. The van der Waals surface area contributed by atoms with Gasteiger partial charge in [-0.25, -0.2) is 0 Å². The van der Waals surface area contributed by atoms with Crippen molar-refractivity contribution >= 4 is 17.4 Å². The van der Waals surface area contributed by atoms with E-state index in [2.05, 4.69) is 31.2 Å². The van der Waals surface area contributed by atoms with Gasteiger partial charge in [0.05, 0.1) is 0 Å². The summed E-state index contributed by atoms with van der Waals surface area (Å²) in [6.45, 7) is 2.08. The molecule has 0 aromatic heterocycles. The van der Waals surface area contributed by atoms with Gasteiger partial charge in [0.1, 0.15) is 11.5 Å². The fourth-order valence-corrected chi connectivity index (χ4v) is 5.82. The number of rotatable bonds is 3. The van der Waals surface area contributed by atoms with E-state index >= 15 is 0 Å². The zero-order chi connectivity index (χ0) is 19.8. The number of halogens is 1. The van der Waals surface area contributed by atoms with Crippen LogP contribution in [-0.2, 0) is 0 Å². The first kappa shape index (κ1) is 19.0. The highest BCUT2D eigenvalue weighted by atomic mass is 35.5. The predicted molar refractivity (Wildman–Crippen MR) is 121 cm³/mol. The summed E-state index contributed by atoms with van der Waals surface area (Å²) in [5, 5.41) is 0.818. The molecule has 29 heavy (non-hydrogen) atoms. The molecule has 3 aliphatic carbocycles. The van der Waals surface area contributed by atoms with Gasteiger partial charge in [-0.2, -0.15) is 0 Å². The van der Waals surface area contributed by atoms with Gasteiger partial charge in [-0.05, 0) is 99.3 Å². The zero-order valence-corrected chi connectivity index (χ0v) is 18.0. The van der Waals surface area contributed by atoms with Gasteiger partial charge in [0, 0.05) is 16.5 Å². The molecule has 2 unspecified atom stereocenters. The maximum Gasteiger partial charge on any atom is 0.134 e. The fourth-order valence-electron chi connectivity index (χ4n) is 5.70. The minimum Gasteiger partial charge on any atom is -0.457 e. The van der Waals surface area contributed by atoms with Gasteiger partial charge in [0.15, 0.2) is 0 Å². The summed E-state index contributed by atoms with van der Waals surface area (Å²) < 4.78 is 6.66. The molecule has 1 nitrogen and oxygen atoms in total. The van der Waals surface area contributed by atoms with Gasteiger partial charge in [-0.15, -0.1) is 0 Å². The van der Waals surface area contributed by atoms with E-state index in [1.807, 2.05) is 24.3 Å². The number of hydrogen-bond donors (Lipinski definition) is 0. The normalized spacial score (nSPS) is 25.4. The van der Waals surface area contributed by atoms with E-state index in [-0.39, 0.29) is 0 Å². The fraction of sp³-hybridized carbons (Fsp3) is 0.407. The summed E-state index contributed by atoms with van der Waals surface area (Å²) in [7, 11) is 0. The molecule has 150 valence electrons. The Kier molecular flexibility index (Phi) is 5.26. The second-order valence-corrected chi connectivity index (χ2v) is 9.29. The minimum atomic E-state index is 0.576. The molecule has 0 amide bonds. The van der Waals surface area contributed by atoms with Crippen LogP contribution in [0.5, 0.6) is 5.75 Å². The van der Waals surface area contributed by atoms with Crippen LogP contribution >= 0.6 is 11.6 Å². The highest BCUT2D eigenvalue weighted by Crippen LogP contribution is 2.53. The molecule has 1 fully saturated rings. The van der Waals surface area contributed by atoms with Gasteiger partial charge in [0.2, 0.25) is 0 Å². The topological polar surface area (TPSA) is 9.23 Å². The summed E-state index contributed by atoms with van der Waals surface area (Å²) in [6, 6.07) is 16.6. The van der Waals surface area contributed by atoms with Crippen molar-refractivity contribution < 1.29 is 4.74 Å². The predicted octanol–water partition coefficient (Wildman–Crippen LogP) is 8.13. The number of allylic oxidation sites excluding steroid dienone is 3. The second kappa shape index (κ2) is 8.03. The number of fused-ring (bicyclic) bond motifs is 3. The van der Waals surface area contributed by atoms with E-state index in [9.17, 15) is 0 Å². The summed E-state index contributed by atoms with van der Waals surface area (Å²) >= 11 is 6.35. The quantitative estimate of drug-likeness (QED) is 0.370. The average molecular weight is 405 g/mol. The Hall–Kier alpha value is -1.99. The molecular formula is C27H29ClO. The van der Waals surface area contributed by atoms with E-state index in [1.165, 1.54) is 56.9 Å². The van der Waals surface area contributed by atoms with E-state index in [1.54, 1.807) is 16.7 Å². The highest BCUT2D eigenvalue weighted by Gasteiger charge is 2.39. The van der Waals surface area contributed by atoms with Crippen LogP contribution in [0.25, 0.3) is 5.76 Å². The Bertz CT molecular complexity index is 969. The van der Waals surface area contributed by atoms with Crippen molar-refractivity contribution in [1.82, 2.24) is 0 Å². The third-order valence-corrected chi connectivity index (χ3v) is 7.47. The van der Waals surface area contributed by atoms with Gasteiger partial charge < -0.3 is 4.74 Å². The summed E-state index contributed by atoms with van der Waals surface area (Å²) in [5.74, 6) is 3.21. The Balaban J connectivity index is 1.67. The molecule has 0 N–H and O–H groups in total. The van der Waals surface area contributed by atoms with Gasteiger partial charge in [0.25, 0.3) is 0 Å². The molecule has 0 radical (unpaired) electrons. The van der Waals surface area contributed by atoms with Gasteiger partial charge in [-0.3, -0.25) is 0 Å². The largest absolute Gasteiger partial charge is 0.457 e. The van der Waals surface area contributed by atoms with Crippen molar-refractivity contribution in [3.63, 3.8) is 0 Å². The van der Waals surface area contributed by atoms with E-state index in [0.717, 1.165) is 22.1 Å². The van der Waals surface area contributed by atoms with E-state index in [4.69, 9.17) is 16.3 Å². The lowest BCUT2D eigenvalue weighted by atomic mass is 9.62. The Morgan fingerprint density at radius 2 is 1.79 bits per heavy atom. The van der Waals surface area contributed by atoms with Crippen LogP contribution in [0, 0.1) is 18.8 Å². The van der Waals surface area contributed by atoms with Crippen molar-refractivity contribution in [2.45, 2.75) is 58.3 Å². The third-order valence-electron chi connectivity index (χ3n) is 7.05. The standard InChI is InChI=1S/C27H29ClO/c1-18-16-21(14-15-25(18)28)27(29-22-10-3-2-4-11-22)26-20-9-7-13-24(26)23-12-6-5-8-19(23)17-20/h2-4,10-11,14-16,20,24H,5-9,12-13,17H2,1H3. The third kappa shape index (κ3) is 3.66. The Labute approximate surface area is 179 Å². The lowest BCUT2D eigenvalue weighted by molar-refractivity contribution is 0.335. The van der Waals surface area contributed by atoms with Crippen molar-refractivity contribution in [3.05, 3.63) is 81.4 Å². The van der Waals surface area contributed by atoms with Crippen LogP contribution in [0.15, 0.2) is 65.3 Å². The molecule has 1 saturated carbocycles. The van der Waals surface area contributed by atoms with Crippen molar-refractivity contribution in [1.29, 1.82) is 0 Å². The van der Waals surface area contributed by atoms with Crippen LogP contribution in [0.1, 0.15) is 62.5 Å². The number of benzene rings is 2. The van der Waals surface area contributed by atoms with Crippen LogP contribution in [0.3, 0.4) is 0 Å². The highest BCUT2D eigenvalue weighted by molar-refractivity contribution is 6.31. The first-order valence-corrected chi connectivity index (χ1v) is 11.5. The molecule has 0 aliphatic heterocycles. The number of hydrogen-bond acceptors (Lipinski definition) is 1. The molecule has 2 atom stereocenters. The lowest BCUT2D eigenvalue weighted by Gasteiger charge is -2.43. The molecule has 5 rings (SSSR count). The van der Waals surface area contributed by atoms with Crippen molar-refractivity contribution in [2.24, 2.45) is 11.8 Å². The maximum absolute atomic E-state index is 6.66. The lowest BCUT2D eigenvalue weighted by Crippen LogP contribution is -2.30. The summed E-state index contributed by atoms with van der Waals surface area (Å²) in [4.78, 5) is 0. The number of para-hydroxylation sites is 1. The molecule has 2 aromatic rings. The second-order valence-electron chi connectivity index (χ2n) is 8.88. The van der Waals surface area contributed by atoms with Crippen LogP contribution in [0.2, 0.25) is 5.02 Å². The van der Waals surface area contributed by atoms with Gasteiger partial charge >= 0.3 is 0 Å². The molecule has 0 saturated heterocycles. The van der Waals surface area contributed by atoms with Crippen LogP contribution in [0.4, 0.5) is 0 Å². The molecule has 0 spiro atoms. The van der Waals surface area contributed by atoms with E-state index in [0.29, 0.717) is 11.8 Å². The van der Waals surface area contributed by atoms with Crippen LogP contribution in [-0.4, -0.2) is 0 Å². The Morgan fingerprint density at radius 1 is 0.966 bits per heavy atom. The number of aryl methyl sites for hydroxylation is 1. The minimum absolute atomic E-state index is 0.576. The molecule has 2 aromatic carbocycles. The maximum atomic E-state index is 6.66. The Morgan fingerprint density at radius 3 is 2.62 bits per heavy atom. The summed E-state index contributed by atoms with van der Waals surface area (Å²) in [5.41, 5.74) is 7.37. The SMILES string of the molecule is Cc1cc(C(Oc2ccccc2)=C2C3CCCC2C2=C(CCCC2)C3)ccc1Cl. The molecule has 2 bridgehead atoms. The first-order valence-electron chi connectivity index (χ1n) is 11.1. The smallest absolute Gasteiger partial charge is 0.134 e. The zero-order valence-electron chi connectivity index (χ0n) is 17.2. The summed E-state index contributed by atoms with van der Waals surface area (Å²) in [6.07, 6.45) is 10.5. The number of ether oxygens (including phenoxy) is 1. The molecular weight excluding hydrogens is 376 g/mol. The molecule has 3 aliphatic rings. The van der Waals surface area contributed by atoms with Crippen LogP contribution < -0.4 is 4.74 Å².